The number of urea groups is 1. The summed E-state index contributed by atoms with van der Waals surface area (Å²) < 4.78 is 15.7. The molecule has 0 aliphatic heterocycles. The van der Waals surface area contributed by atoms with Crippen LogP contribution in [0.1, 0.15) is 5.82 Å². The second kappa shape index (κ2) is 7.90. The number of carbonyl (C=O) groups excluding carboxylic acids is 1. The van der Waals surface area contributed by atoms with Gasteiger partial charge in [0.2, 0.25) is 5.75 Å². The van der Waals surface area contributed by atoms with E-state index in [-0.39, 0.29) is 5.69 Å². The van der Waals surface area contributed by atoms with Crippen molar-refractivity contribution in [2.75, 3.05) is 33.2 Å². The zero-order valence-corrected chi connectivity index (χ0v) is 13.6. The van der Waals surface area contributed by atoms with Crippen molar-refractivity contribution in [3.63, 3.8) is 0 Å². The van der Waals surface area contributed by atoms with E-state index in [4.69, 9.17) is 14.2 Å². The highest BCUT2D eigenvalue weighted by atomic mass is 16.5. The fraction of sp³-hybridized carbons (Fsp3) is 0.357. The van der Waals surface area contributed by atoms with E-state index in [1.165, 1.54) is 21.3 Å². The highest BCUT2D eigenvalue weighted by molar-refractivity contribution is 5.90. The minimum atomic E-state index is -0.415. The second-order valence-electron chi connectivity index (χ2n) is 4.67. The second-order valence-corrected chi connectivity index (χ2v) is 4.67. The van der Waals surface area contributed by atoms with Crippen molar-refractivity contribution >= 4 is 11.7 Å². The van der Waals surface area contributed by atoms with Gasteiger partial charge in [0.05, 0.1) is 27.0 Å². The number of nitrogens with zero attached hydrogens (tertiary/aromatic N) is 1. The first-order valence-corrected chi connectivity index (χ1v) is 7.05. The molecule has 130 valence electrons. The van der Waals surface area contributed by atoms with Crippen LogP contribution in [0.4, 0.5) is 10.5 Å². The summed E-state index contributed by atoms with van der Waals surface area (Å²) in [6.07, 6.45) is 0.390. The lowest BCUT2D eigenvalue weighted by molar-refractivity contribution is 0.252. The number of rotatable bonds is 7. The lowest BCUT2D eigenvalue weighted by Gasteiger charge is -2.14. The van der Waals surface area contributed by atoms with Gasteiger partial charge in [-0.05, 0) is 0 Å². The number of methoxy groups -OCH3 is 3. The van der Waals surface area contributed by atoms with E-state index in [2.05, 4.69) is 25.8 Å². The van der Waals surface area contributed by atoms with E-state index in [1.807, 2.05) is 0 Å². The van der Waals surface area contributed by atoms with Gasteiger partial charge in [-0.1, -0.05) is 0 Å². The van der Waals surface area contributed by atoms with Gasteiger partial charge in [0, 0.05) is 25.1 Å². The summed E-state index contributed by atoms with van der Waals surface area (Å²) in [6.45, 7) is 0.303. The molecule has 0 aliphatic carbocycles. The fourth-order valence-electron chi connectivity index (χ4n) is 2.05. The minimum Gasteiger partial charge on any atom is -0.493 e. The topological polar surface area (TPSA) is 130 Å². The Bertz CT molecular complexity index is 729. The van der Waals surface area contributed by atoms with Crippen LogP contribution in [-0.2, 0) is 6.42 Å². The van der Waals surface area contributed by atoms with E-state index in [1.54, 1.807) is 12.1 Å². The minimum absolute atomic E-state index is 0.303. The molecule has 4 N–H and O–H groups in total. The Morgan fingerprint density at radius 2 is 1.83 bits per heavy atom. The molecule has 0 saturated heterocycles. The molecule has 10 heteroatoms. The zero-order valence-electron chi connectivity index (χ0n) is 13.6. The Morgan fingerprint density at radius 3 is 2.33 bits per heavy atom. The highest BCUT2D eigenvalue weighted by Crippen LogP contribution is 2.39. The number of H-pyrrole nitrogens is 2. The lowest BCUT2D eigenvalue weighted by Crippen LogP contribution is -2.30. The van der Waals surface area contributed by atoms with Crippen LogP contribution in [0.5, 0.6) is 17.2 Å². The van der Waals surface area contributed by atoms with E-state index < -0.39 is 6.03 Å². The standard InChI is InChI=1S/C14H19N5O5/c1-22-9-6-8(7-10(23-2)12(9)24-3)16-13(20)15-5-4-11-17-14(21)19-18-11/h6-7H,4-5H2,1-3H3,(H2,15,16,20)(H2,17,18,19,21). The van der Waals surface area contributed by atoms with Crippen molar-refractivity contribution in [3.05, 3.63) is 28.4 Å². The van der Waals surface area contributed by atoms with Crippen LogP contribution in [0.2, 0.25) is 0 Å². The molecule has 1 aromatic heterocycles. The van der Waals surface area contributed by atoms with Crippen molar-refractivity contribution in [3.8, 4) is 17.2 Å². The number of anilines is 1. The van der Waals surface area contributed by atoms with Crippen LogP contribution < -0.4 is 30.5 Å². The SMILES string of the molecule is COc1cc(NC(=O)NCCc2n[nH]c(=O)[nH]2)cc(OC)c1OC. The normalized spacial score (nSPS) is 10.1. The number of nitrogens with one attached hydrogen (secondary N) is 4. The molecule has 0 fully saturated rings. The third-order valence-electron chi connectivity index (χ3n) is 3.12. The summed E-state index contributed by atoms with van der Waals surface area (Å²) in [6, 6.07) is 2.82. The first-order chi connectivity index (χ1) is 11.6. The van der Waals surface area contributed by atoms with Crippen LogP contribution in [0, 0.1) is 0 Å². The van der Waals surface area contributed by atoms with E-state index in [0.717, 1.165) is 0 Å². The van der Waals surface area contributed by atoms with Crippen molar-refractivity contribution in [2.24, 2.45) is 0 Å². The molecule has 24 heavy (non-hydrogen) atoms. The molecular weight excluding hydrogens is 318 g/mol. The molecule has 0 radical (unpaired) electrons. The Hall–Kier alpha value is -3.17. The first-order valence-electron chi connectivity index (χ1n) is 7.05. The smallest absolute Gasteiger partial charge is 0.340 e. The molecule has 0 aliphatic rings. The maximum absolute atomic E-state index is 11.9. The molecule has 1 aromatic carbocycles. The number of hydrogen-bond donors (Lipinski definition) is 4. The molecule has 0 unspecified atom stereocenters. The molecule has 1 heterocycles. The average Bonchev–Trinajstić information content (AvgIpc) is 2.99. The van der Waals surface area contributed by atoms with Gasteiger partial charge in [0.25, 0.3) is 0 Å². The highest BCUT2D eigenvalue weighted by Gasteiger charge is 2.14. The van der Waals surface area contributed by atoms with E-state index in [0.29, 0.717) is 41.7 Å². The third kappa shape index (κ3) is 4.18. The molecule has 0 atom stereocenters. The Labute approximate surface area is 137 Å². The maximum atomic E-state index is 11.9. The van der Waals surface area contributed by atoms with Crippen LogP contribution in [0.15, 0.2) is 16.9 Å². The number of aromatic amines is 2. The predicted molar refractivity (Wildman–Crippen MR) is 86.0 cm³/mol. The van der Waals surface area contributed by atoms with Gasteiger partial charge in [0.1, 0.15) is 5.82 Å². The number of benzene rings is 1. The number of carbonyl (C=O) groups is 1. The summed E-state index contributed by atoms with van der Waals surface area (Å²) in [7, 11) is 4.48. The molecule has 2 aromatic rings. The summed E-state index contributed by atoms with van der Waals surface area (Å²) in [5.74, 6) is 1.77. The largest absolute Gasteiger partial charge is 0.493 e. The Balaban J connectivity index is 1.96. The van der Waals surface area contributed by atoms with Crippen molar-refractivity contribution in [1.82, 2.24) is 20.5 Å². The molecule has 2 rings (SSSR count). The Kier molecular flexibility index (Phi) is 5.66. The van der Waals surface area contributed by atoms with Crippen LogP contribution in [-0.4, -0.2) is 49.1 Å². The first kappa shape index (κ1) is 17.2. The summed E-state index contributed by atoms with van der Waals surface area (Å²) >= 11 is 0. The van der Waals surface area contributed by atoms with Gasteiger partial charge in [-0.15, -0.1) is 0 Å². The predicted octanol–water partition coefficient (Wildman–Crippen LogP) is 0.488. The monoisotopic (exact) mass is 337 g/mol. The number of ether oxygens (including phenoxy) is 3. The van der Waals surface area contributed by atoms with E-state index >= 15 is 0 Å². The van der Waals surface area contributed by atoms with Gasteiger partial charge in [-0.3, -0.25) is 4.98 Å². The molecule has 0 saturated carbocycles. The fourth-order valence-corrected chi connectivity index (χ4v) is 2.05. The van der Waals surface area contributed by atoms with Gasteiger partial charge in [-0.25, -0.2) is 14.7 Å². The zero-order chi connectivity index (χ0) is 17.5. The molecular formula is C14H19N5O5. The average molecular weight is 337 g/mol. The Morgan fingerprint density at radius 1 is 1.17 bits per heavy atom. The third-order valence-corrected chi connectivity index (χ3v) is 3.12. The summed E-state index contributed by atoms with van der Waals surface area (Å²) in [5.41, 5.74) is 0.0991. The molecule has 0 bridgehead atoms. The molecule has 2 amide bonds. The van der Waals surface area contributed by atoms with Crippen molar-refractivity contribution in [1.29, 1.82) is 0 Å². The summed E-state index contributed by atoms with van der Waals surface area (Å²) in [4.78, 5) is 25.3. The van der Waals surface area contributed by atoms with Gasteiger partial charge in [0.15, 0.2) is 11.5 Å². The van der Waals surface area contributed by atoms with Crippen LogP contribution in [0.25, 0.3) is 0 Å². The molecule has 0 spiro atoms. The van der Waals surface area contributed by atoms with Gasteiger partial charge >= 0.3 is 11.7 Å². The summed E-state index contributed by atoms with van der Waals surface area (Å²) in [5, 5.41) is 11.3. The van der Waals surface area contributed by atoms with Gasteiger partial charge in [-0.2, -0.15) is 5.10 Å². The van der Waals surface area contributed by atoms with E-state index in [9.17, 15) is 9.59 Å². The number of amides is 2. The van der Waals surface area contributed by atoms with Crippen LogP contribution >= 0.6 is 0 Å². The van der Waals surface area contributed by atoms with Crippen LogP contribution in [0.3, 0.4) is 0 Å². The number of aromatic nitrogens is 3. The lowest BCUT2D eigenvalue weighted by atomic mass is 10.2. The van der Waals surface area contributed by atoms with Crippen molar-refractivity contribution < 1.29 is 19.0 Å². The quantitative estimate of drug-likeness (QED) is 0.581. The molecule has 10 nitrogen and oxygen atoms in total. The number of hydrogen-bond acceptors (Lipinski definition) is 6. The van der Waals surface area contributed by atoms with Gasteiger partial charge < -0.3 is 24.8 Å². The van der Waals surface area contributed by atoms with Crippen molar-refractivity contribution in [2.45, 2.75) is 6.42 Å². The maximum Gasteiger partial charge on any atom is 0.340 e.